The van der Waals surface area contributed by atoms with Crippen molar-refractivity contribution in [2.24, 2.45) is 0 Å². The minimum absolute atomic E-state index is 0.0354. The van der Waals surface area contributed by atoms with Crippen molar-refractivity contribution < 1.29 is 28.6 Å². The summed E-state index contributed by atoms with van der Waals surface area (Å²) in [7, 11) is 2.70. The topological polar surface area (TPSA) is 82.1 Å². The number of hydrogen-bond donors (Lipinski definition) is 0. The average molecular weight is 474 g/mol. The quantitative estimate of drug-likeness (QED) is 0.414. The van der Waals surface area contributed by atoms with Gasteiger partial charge in [0.15, 0.2) is 0 Å². The van der Waals surface area contributed by atoms with Crippen LogP contribution < -0.4 is 4.74 Å². The molecule has 2 amide bonds. The van der Waals surface area contributed by atoms with E-state index >= 15 is 0 Å². The fourth-order valence-corrected chi connectivity index (χ4v) is 3.22. The van der Waals surface area contributed by atoms with Crippen LogP contribution in [0.15, 0.2) is 54.1 Å². The highest BCUT2D eigenvalue weighted by molar-refractivity contribution is 6.30. The number of nitrogens with zero attached hydrogens (tertiary/aromatic N) is 1. The van der Waals surface area contributed by atoms with Crippen molar-refractivity contribution in [1.29, 1.82) is 0 Å². The summed E-state index contributed by atoms with van der Waals surface area (Å²) in [5, 5.41) is 0.420. The Kier molecular flexibility index (Phi) is 8.65. The van der Waals surface area contributed by atoms with Crippen LogP contribution in [0, 0.1) is 0 Å². The molecular weight excluding hydrogens is 446 g/mol. The van der Waals surface area contributed by atoms with Crippen LogP contribution in [0.2, 0.25) is 5.02 Å². The van der Waals surface area contributed by atoms with Crippen molar-refractivity contribution >= 4 is 35.6 Å². The molecule has 0 bridgehead atoms. The summed E-state index contributed by atoms with van der Waals surface area (Å²) >= 11 is 6.13. The lowest BCUT2D eigenvalue weighted by atomic mass is 10.0. The van der Waals surface area contributed by atoms with Crippen molar-refractivity contribution in [2.75, 3.05) is 14.2 Å². The van der Waals surface area contributed by atoms with E-state index in [-0.39, 0.29) is 11.1 Å². The van der Waals surface area contributed by atoms with Gasteiger partial charge in [-0.1, -0.05) is 29.8 Å². The monoisotopic (exact) mass is 473 g/mol. The first-order chi connectivity index (χ1) is 15.5. The zero-order valence-electron chi connectivity index (χ0n) is 19.5. The summed E-state index contributed by atoms with van der Waals surface area (Å²) in [6.07, 6.45) is 0.591. The molecule has 8 heteroatoms. The molecule has 0 fully saturated rings. The fraction of sp³-hybridized carbons (Fsp3) is 0.320. The maximum Gasteiger partial charge on any atom is 0.417 e. The first kappa shape index (κ1) is 25.9. The number of hydrogen-bond acceptors (Lipinski definition) is 6. The molecule has 2 aromatic carbocycles. The van der Waals surface area contributed by atoms with Gasteiger partial charge in [-0.25, -0.2) is 14.5 Å². The van der Waals surface area contributed by atoms with Gasteiger partial charge in [0.25, 0.3) is 5.91 Å². The van der Waals surface area contributed by atoms with Gasteiger partial charge in [-0.05, 0) is 64.1 Å². The van der Waals surface area contributed by atoms with Crippen molar-refractivity contribution in [1.82, 2.24) is 4.90 Å². The molecule has 176 valence electrons. The van der Waals surface area contributed by atoms with Gasteiger partial charge in [-0.2, -0.15) is 0 Å². The zero-order chi connectivity index (χ0) is 24.8. The molecule has 0 radical (unpaired) electrons. The Morgan fingerprint density at radius 1 is 1.03 bits per heavy atom. The van der Waals surface area contributed by atoms with E-state index in [1.807, 2.05) is 0 Å². The van der Waals surface area contributed by atoms with Crippen molar-refractivity contribution in [2.45, 2.75) is 39.3 Å². The molecule has 2 aromatic rings. The Bertz CT molecular complexity index is 1040. The van der Waals surface area contributed by atoms with E-state index in [1.165, 1.54) is 20.3 Å². The lowest BCUT2D eigenvalue weighted by Crippen LogP contribution is -2.47. The van der Waals surface area contributed by atoms with Gasteiger partial charge in [0, 0.05) is 16.1 Å². The van der Waals surface area contributed by atoms with Crippen LogP contribution >= 0.6 is 11.6 Å². The van der Waals surface area contributed by atoms with Crippen LogP contribution in [-0.2, 0) is 14.3 Å². The van der Waals surface area contributed by atoms with Crippen molar-refractivity contribution in [3.05, 3.63) is 70.3 Å². The Hall–Kier alpha value is -3.32. The number of rotatable bonds is 6. The minimum atomic E-state index is -1.04. The smallest absolute Gasteiger partial charge is 0.417 e. The molecule has 0 aliphatic rings. The van der Waals surface area contributed by atoms with E-state index in [2.05, 4.69) is 0 Å². The van der Waals surface area contributed by atoms with Crippen LogP contribution in [-0.4, -0.2) is 48.7 Å². The Labute approximate surface area is 198 Å². The largest absolute Gasteiger partial charge is 0.496 e. The highest BCUT2D eigenvalue weighted by Gasteiger charge is 2.36. The summed E-state index contributed by atoms with van der Waals surface area (Å²) in [6, 6.07) is 12.1. The Morgan fingerprint density at radius 2 is 1.67 bits per heavy atom. The summed E-state index contributed by atoms with van der Waals surface area (Å²) in [4.78, 5) is 40.1. The summed E-state index contributed by atoms with van der Waals surface area (Å²) in [5.74, 6) is -0.893. The number of esters is 1. The van der Waals surface area contributed by atoms with Gasteiger partial charge in [0.2, 0.25) is 0 Å². The number of benzene rings is 2. The first-order valence-electron chi connectivity index (χ1n) is 10.2. The molecule has 0 aromatic heterocycles. The predicted octanol–water partition coefficient (Wildman–Crippen LogP) is 5.37. The van der Waals surface area contributed by atoms with E-state index in [0.29, 0.717) is 16.3 Å². The van der Waals surface area contributed by atoms with Crippen LogP contribution in [0.25, 0.3) is 6.08 Å². The number of amides is 2. The molecule has 7 nitrogen and oxygen atoms in total. The summed E-state index contributed by atoms with van der Waals surface area (Å²) in [5.41, 5.74) is -0.0846. The lowest BCUT2D eigenvalue weighted by molar-refractivity contribution is -0.136. The molecule has 0 saturated heterocycles. The number of methoxy groups -OCH3 is 2. The van der Waals surface area contributed by atoms with Gasteiger partial charge in [-0.3, -0.25) is 4.79 Å². The van der Waals surface area contributed by atoms with E-state index in [9.17, 15) is 14.4 Å². The molecule has 2 rings (SSSR count). The molecule has 0 saturated carbocycles. The van der Waals surface area contributed by atoms with Crippen molar-refractivity contribution in [3.8, 4) is 5.75 Å². The number of imide groups is 1. The number of ether oxygens (including phenoxy) is 3. The van der Waals surface area contributed by atoms with E-state index in [1.54, 1.807) is 76.2 Å². The molecule has 1 unspecified atom stereocenters. The fourth-order valence-electron chi connectivity index (χ4n) is 3.04. The second-order valence-electron chi connectivity index (χ2n) is 8.18. The number of carbonyl (C=O) groups is 3. The standard InChI is InChI=1S/C25H28ClNO6/c1-16(20(23(29)32-6)15-18-14-19(26)12-13-21(18)31-5)27(24(30)33-25(2,3)4)22(28)17-10-8-7-9-11-17/h7-16H,1-6H3. The van der Waals surface area contributed by atoms with Gasteiger partial charge >= 0.3 is 12.1 Å². The maximum absolute atomic E-state index is 13.4. The van der Waals surface area contributed by atoms with Gasteiger partial charge in [0.05, 0.1) is 25.8 Å². The number of halogens is 1. The van der Waals surface area contributed by atoms with Gasteiger partial charge < -0.3 is 14.2 Å². The average Bonchev–Trinajstić information content (AvgIpc) is 2.76. The normalized spacial score (nSPS) is 12.5. The highest BCUT2D eigenvalue weighted by atomic mass is 35.5. The predicted molar refractivity (Wildman–Crippen MR) is 126 cm³/mol. The maximum atomic E-state index is 13.4. The second-order valence-corrected chi connectivity index (χ2v) is 8.61. The van der Waals surface area contributed by atoms with Gasteiger partial charge in [0.1, 0.15) is 11.4 Å². The lowest BCUT2D eigenvalue weighted by Gasteiger charge is -2.31. The number of carbonyl (C=O) groups excluding carboxylic acids is 3. The summed E-state index contributed by atoms with van der Waals surface area (Å²) < 4.78 is 15.8. The zero-order valence-corrected chi connectivity index (χ0v) is 20.3. The molecule has 0 spiro atoms. The SMILES string of the molecule is COC(=O)C(=Cc1cc(Cl)ccc1OC)C(C)N(C(=O)OC(C)(C)C)C(=O)c1ccccc1. The van der Waals surface area contributed by atoms with E-state index < -0.39 is 29.6 Å². The van der Waals surface area contributed by atoms with E-state index in [4.69, 9.17) is 25.8 Å². The second kappa shape index (κ2) is 11.0. The molecular formula is C25H28ClNO6. The van der Waals surface area contributed by atoms with Gasteiger partial charge in [-0.15, -0.1) is 0 Å². The Morgan fingerprint density at radius 3 is 2.21 bits per heavy atom. The molecule has 0 aliphatic carbocycles. The molecule has 0 heterocycles. The minimum Gasteiger partial charge on any atom is -0.496 e. The highest BCUT2D eigenvalue weighted by Crippen LogP contribution is 2.28. The van der Waals surface area contributed by atoms with Crippen molar-refractivity contribution in [3.63, 3.8) is 0 Å². The third-order valence-corrected chi connectivity index (χ3v) is 4.83. The van der Waals surface area contributed by atoms with Crippen LogP contribution in [0.3, 0.4) is 0 Å². The van der Waals surface area contributed by atoms with Crippen LogP contribution in [0.1, 0.15) is 43.6 Å². The molecule has 0 aliphatic heterocycles. The van der Waals surface area contributed by atoms with Crippen LogP contribution in [0.4, 0.5) is 4.79 Å². The Balaban J connectivity index is 2.63. The first-order valence-corrected chi connectivity index (χ1v) is 10.6. The summed E-state index contributed by atoms with van der Waals surface area (Å²) in [6.45, 7) is 6.61. The van der Waals surface area contributed by atoms with Crippen LogP contribution in [0.5, 0.6) is 5.75 Å². The molecule has 0 N–H and O–H groups in total. The molecule has 33 heavy (non-hydrogen) atoms. The third kappa shape index (κ3) is 6.83. The third-order valence-electron chi connectivity index (χ3n) is 4.59. The van der Waals surface area contributed by atoms with E-state index in [0.717, 1.165) is 4.90 Å². The molecule has 1 atom stereocenters.